The third kappa shape index (κ3) is 3.07. The molecule has 2 atom stereocenters. The van der Waals surface area contributed by atoms with Crippen LogP contribution in [0.3, 0.4) is 0 Å². The van der Waals surface area contributed by atoms with E-state index in [0.29, 0.717) is 5.56 Å². The number of likely N-dealkylation sites (N-methyl/N-ethyl adjacent to an activating group) is 1. The van der Waals surface area contributed by atoms with Gasteiger partial charge in [0.15, 0.2) is 5.84 Å². The monoisotopic (exact) mass is 341 g/mol. The van der Waals surface area contributed by atoms with Crippen molar-refractivity contribution < 1.29 is 10.3 Å². The highest BCUT2D eigenvalue weighted by atomic mass is 79.9. The maximum atomic E-state index is 10.1. The number of oxime groups is 1. The highest BCUT2D eigenvalue weighted by molar-refractivity contribution is 9.10. The van der Waals surface area contributed by atoms with E-state index < -0.39 is 0 Å². The Balaban J connectivity index is 2.22. The molecular weight excluding hydrogens is 322 g/mol. The van der Waals surface area contributed by atoms with Gasteiger partial charge in [0.1, 0.15) is 0 Å². The van der Waals surface area contributed by atoms with Crippen molar-refractivity contribution in [2.24, 2.45) is 10.9 Å². The highest BCUT2D eigenvalue weighted by Gasteiger charge is 2.27. The summed E-state index contributed by atoms with van der Waals surface area (Å²) in [5.74, 6) is 0.0729. The molecule has 1 aromatic carbocycles. The van der Waals surface area contributed by atoms with Crippen LogP contribution in [0.5, 0.6) is 0 Å². The molecule has 0 spiro atoms. The average Bonchev–Trinajstić information content (AvgIpc) is 2.46. The molecule has 5 nitrogen and oxygen atoms in total. The van der Waals surface area contributed by atoms with Gasteiger partial charge in [-0.2, -0.15) is 0 Å². The van der Waals surface area contributed by atoms with E-state index in [1.165, 1.54) is 0 Å². The zero-order valence-corrected chi connectivity index (χ0v) is 13.0. The van der Waals surface area contributed by atoms with Crippen LogP contribution in [0.2, 0.25) is 0 Å². The second kappa shape index (κ2) is 6.45. The third-order valence-corrected chi connectivity index (χ3v) is 4.59. The van der Waals surface area contributed by atoms with E-state index in [9.17, 15) is 5.11 Å². The lowest BCUT2D eigenvalue weighted by molar-refractivity contribution is 0.106. The molecule has 1 fully saturated rings. The first kappa shape index (κ1) is 15.1. The van der Waals surface area contributed by atoms with Crippen LogP contribution in [0.25, 0.3) is 0 Å². The highest BCUT2D eigenvalue weighted by Crippen LogP contribution is 2.29. The molecule has 110 valence electrons. The maximum absolute atomic E-state index is 10.1. The molecule has 0 aliphatic heterocycles. The minimum atomic E-state index is -0.281. The number of nitrogens with zero attached hydrogens (tertiary/aromatic N) is 2. The third-order valence-electron chi connectivity index (χ3n) is 3.94. The molecule has 0 amide bonds. The fraction of sp³-hybridized carbons (Fsp3) is 0.500. The van der Waals surface area contributed by atoms with Gasteiger partial charge in [0, 0.05) is 22.8 Å². The van der Waals surface area contributed by atoms with Crippen LogP contribution >= 0.6 is 15.9 Å². The van der Waals surface area contributed by atoms with E-state index in [1.54, 1.807) is 6.07 Å². The number of halogens is 1. The lowest BCUT2D eigenvalue weighted by atomic mass is 9.91. The maximum Gasteiger partial charge on any atom is 0.171 e. The number of hydrogen-bond acceptors (Lipinski definition) is 4. The molecule has 2 rings (SSSR count). The summed E-state index contributed by atoms with van der Waals surface area (Å²) in [7, 11) is 1.99. The number of benzene rings is 1. The van der Waals surface area contributed by atoms with Gasteiger partial charge < -0.3 is 20.9 Å². The van der Waals surface area contributed by atoms with Gasteiger partial charge in [-0.1, -0.05) is 18.0 Å². The molecule has 0 heterocycles. The number of rotatable bonds is 3. The normalized spacial score (nSPS) is 23.6. The number of aliphatic hydroxyl groups is 1. The van der Waals surface area contributed by atoms with Crippen LogP contribution < -0.4 is 10.6 Å². The largest absolute Gasteiger partial charge is 0.409 e. The average molecular weight is 342 g/mol. The van der Waals surface area contributed by atoms with Crippen molar-refractivity contribution >= 4 is 27.5 Å². The predicted octanol–water partition coefficient (Wildman–Crippen LogP) is 2.28. The first-order valence-corrected chi connectivity index (χ1v) is 7.52. The minimum absolute atomic E-state index is 0.0729. The number of hydrogen-bond donors (Lipinski definition) is 3. The zero-order valence-electron chi connectivity index (χ0n) is 11.5. The topological polar surface area (TPSA) is 82.1 Å². The lowest BCUT2D eigenvalue weighted by Crippen LogP contribution is -2.43. The number of anilines is 1. The van der Waals surface area contributed by atoms with Crippen LogP contribution in [-0.2, 0) is 0 Å². The van der Waals surface area contributed by atoms with Crippen LogP contribution in [-0.4, -0.2) is 35.3 Å². The van der Waals surface area contributed by atoms with Gasteiger partial charge in [-0.05, 0) is 47.0 Å². The van der Waals surface area contributed by atoms with Gasteiger partial charge in [-0.3, -0.25) is 0 Å². The van der Waals surface area contributed by atoms with Gasteiger partial charge in [0.25, 0.3) is 0 Å². The Bertz CT molecular complexity index is 507. The van der Waals surface area contributed by atoms with Gasteiger partial charge in [0.2, 0.25) is 0 Å². The molecule has 0 radical (unpaired) electrons. The smallest absolute Gasteiger partial charge is 0.171 e. The minimum Gasteiger partial charge on any atom is -0.409 e. The SMILES string of the molecule is CN(c1ccc(/C(N)=N/O)c(Br)c1)C1CCCCC1O. The van der Waals surface area contributed by atoms with Crippen LogP contribution in [0.4, 0.5) is 5.69 Å². The first-order chi connectivity index (χ1) is 9.54. The molecule has 1 aromatic rings. The van der Waals surface area contributed by atoms with E-state index in [0.717, 1.165) is 35.8 Å². The first-order valence-electron chi connectivity index (χ1n) is 6.73. The fourth-order valence-corrected chi connectivity index (χ4v) is 3.29. The summed E-state index contributed by atoms with van der Waals surface area (Å²) in [5, 5.41) is 21.9. The molecule has 1 aliphatic carbocycles. The molecular formula is C14H20BrN3O2. The Morgan fingerprint density at radius 3 is 2.70 bits per heavy atom. The van der Waals surface area contributed by atoms with Crippen molar-refractivity contribution in [2.75, 3.05) is 11.9 Å². The van der Waals surface area contributed by atoms with E-state index >= 15 is 0 Å². The summed E-state index contributed by atoms with van der Waals surface area (Å²) < 4.78 is 0.766. The lowest BCUT2D eigenvalue weighted by Gasteiger charge is -2.36. The summed E-state index contributed by atoms with van der Waals surface area (Å²) in [4.78, 5) is 2.10. The van der Waals surface area contributed by atoms with Crippen LogP contribution in [0.15, 0.2) is 27.8 Å². The van der Waals surface area contributed by atoms with Crippen molar-refractivity contribution in [3.63, 3.8) is 0 Å². The fourth-order valence-electron chi connectivity index (χ4n) is 2.72. The standard InChI is InChI=1S/C14H20BrN3O2/c1-18(12-4-2-3-5-13(12)19)9-6-7-10(11(15)8-9)14(16)17-20/h6-8,12-13,19-20H,2-5H2,1H3,(H2,16,17). The number of nitrogens with two attached hydrogens (primary N) is 1. The molecule has 6 heteroatoms. The van der Waals surface area contributed by atoms with Gasteiger partial charge in [0.05, 0.1) is 12.1 Å². The second-order valence-corrected chi connectivity index (χ2v) is 6.03. The van der Waals surface area contributed by atoms with Crippen molar-refractivity contribution in [1.82, 2.24) is 0 Å². The Hall–Kier alpha value is -1.27. The van der Waals surface area contributed by atoms with E-state index in [1.807, 2.05) is 19.2 Å². The molecule has 0 bridgehead atoms. The van der Waals surface area contributed by atoms with Crippen molar-refractivity contribution in [3.05, 3.63) is 28.2 Å². The zero-order chi connectivity index (χ0) is 14.7. The summed E-state index contributed by atoms with van der Waals surface area (Å²) in [5.41, 5.74) is 7.25. The van der Waals surface area contributed by atoms with Crippen molar-refractivity contribution in [2.45, 2.75) is 37.8 Å². The summed E-state index contributed by atoms with van der Waals surface area (Å²) in [6.45, 7) is 0. The van der Waals surface area contributed by atoms with Crippen LogP contribution in [0.1, 0.15) is 31.2 Å². The molecule has 1 saturated carbocycles. The van der Waals surface area contributed by atoms with E-state index in [2.05, 4.69) is 26.0 Å². The number of amidine groups is 1. The molecule has 4 N–H and O–H groups in total. The molecule has 0 aromatic heterocycles. The Morgan fingerprint density at radius 2 is 2.10 bits per heavy atom. The molecule has 2 unspecified atom stereocenters. The molecule has 1 aliphatic rings. The summed E-state index contributed by atoms with van der Waals surface area (Å²) in [6, 6.07) is 5.79. The second-order valence-electron chi connectivity index (χ2n) is 5.18. The number of aliphatic hydroxyl groups excluding tert-OH is 1. The van der Waals surface area contributed by atoms with Gasteiger partial charge in [-0.25, -0.2) is 0 Å². The van der Waals surface area contributed by atoms with Crippen LogP contribution in [0, 0.1) is 0 Å². The van der Waals surface area contributed by atoms with Crippen molar-refractivity contribution in [3.8, 4) is 0 Å². The Labute approximate surface area is 127 Å². The van der Waals surface area contributed by atoms with Gasteiger partial charge in [-0.15, -0.1) is 0 Å². The van der Waals surface area contributed by atoms with E-state index in [-0.39, 0.29) is 18.0 Å². The molecule has 20 heavy (non-hydrogen) atoms. The predicted molar refractivity (Wildman–Crippen MR) is 83.3 cm³/mol. The molecule has 0 saturated heterocycles. The summed E-state index contributed by atoms with van der Waals surface area (Å²) >= 11 is 3.43. The van der Waals surface area contributed by atoms with E-state index in [4.69, 9.17) is 10.9 Å². The Kier molecular flexibility index (Phi) is 4.88. The quantitative estimate of drug-likeness (QED) is 0.341. The Morgan fingerprint density at radius 1 is 1.40 bits per heavy atom. The van der Waals surface area contributed by atoms with Gasteiger partial charge >= 0.3 is 0 Å². The summed E-state index contributed by atoms with van der Waals surface area (Å²) in [6.07, 6.45) is 3.82. The van der Waals surface area contributed by atoms with Crippen molar-refractivity contribution in [1.29, 1.82) is 0 Å².